The van der Waals surface area contributed by atoms with Crippen LogP contribution in [-0.4, -0.2) is 41.1 Å². The van der Waals surface area contributed by atoms with E-state index in [1.54, 1.807) is 30.3 Å². The molecular weight excluding hydrogens is 335 g/mol. The Morgan fingerprint density at radius 3 is 2.24 bits per heavy atom. The topological polar surface area (TPSA) is 129 Å². The minimum absolute atomic E-state index is 0.227. The van der Waals surface area contributed by atoms with Crippen LogP contribution in [0.5, 0.6) is 0 Å². The molecule has 1 aromatic carbocycles. The zero-order chi connectivity index (χ0) is 18.7. The molecule has 0 aliphatic rings. The first-order valence-corrected chi connectivity index (χ1v) is 7.14. The maximum Gasteiger partial charge on any atom is 0.414 e. The fourth-order valence-corrected chi connectivity index (χ4v) is 1.62. The van der Waals surface area contributed by atoms with Crippen molar-refractivity contribution in [1.82, 2.24) is 10.6 Å². The number of halogens is 1. The Kier molecular flexibility index (Phi) is 8.38. The highest BCUT2D eigenvalue weighted by Crippen LogP contribution is 2.05. The van der Waals surface area contributed by atoms with E-state index < -0.39 is 11.9 Å². The third-order valence-corrected chi connectivity index (χ3v) is 2.79. The van der Waals surface area contributed by atoms with Gasteiger partial charge in [0.05, 0.1) is 6.26 Å². The van der Waals surface area contributed by atoms with E-state index in [-0.39, 0.29) is 17.5 Å². The minimum Gasteiger partial charge on any atom is -0.473 e. The van der Waals surface area contributed by atoms with Crippen LogP contribution >= 0.6 is 0 Å². The second kappa shape index (κ2) is 10.6. The molecule has 0 aliphatic carbocycles. The number of aliphatic carboxylic acids is 2. The molecule has 0 aliphatic heterocycles. The van der Waals surface area contributed by atoms with E-state index in [4.69, 9.17) is 24.2 Å². The fourth-order valence-electron chi connectivity index (χ4n) is 1.62. The van der Waals surface area contributed by atoms with Gasteiger partial charge in [0.25, 0.3) is 5.91 Å². The molecule has 0 saturated carbocycles. The summed E-state index contributed by atoms with van der Waals surface area (Å²) in [6.07, 6.45) is 1.45. The number of hydrogen-bond donors (Lipinski definition) is 4. The Hall–Kier alpha value is -3.20. The van der Waals surface area contributed by atoms with E-state index in [0.717, 1.165) is 0 Å². The minimum atomic E-state index is -1.82. The lowest BCUT2D eigenvalue weighted by Crippen LogP contribution is -2.31. The van der Waals surface area contributed by atoms with Crippen LogP contribution in [0.3, 0.4) is 0 Å². The van der Waals surface area contributed by atoms with Gasteiger partial charge in [-0.3, -0.25) is 4.79 Å². The number of amides is 1. The molecule has 4 N–H and O–H groups in total. The third kappa shape index (κ3) is 7.75. The molecule has 0 fully saturated rings. The van der Waals surface area contributed by atoms with Gasteiger partial charge in [0.2, 0.25) is 0 Å². The molecule has 8 nitrogen and oxygen atoms in total. The number of furan rings is 1. The van der Waals surface area contributed by atoms with Crippen molar-refractivity contribution in [3.8, 4) is 0 Å². The second-order valence-electron chi connectivity index (χ2n) is 4.61. The van der Waals surface area contributed by atoms with Crippen molar-refractivity contribution in [2.45, 2.75) is 6.54 Å². The van der Waals surface area contributed by atoms with Gasteiger partial charge in [-0.25, -0.2) is 14.0 Å². The van der Waals surface area contributed by atoms with Crippen LogP contribution in [0.25, 0.3) is 0 Å². The molecule has 9 heteroatoms. The molecule has 0 spiro atoms. The lowest BCUT2D eigenvalue weighted by atomic mass is 10.2. The van der Waals surface area contributed by atoms with E-state index >= 15 is 0 Å². The van der Waals surface area contributed by atoms with Crippen molar-refractivity contribution >= 4 is 17.8 Å². The number of hydrogen-bond acceptors (Lipinski definition) is 5. The molecule has 0 saturated heterocycles. The van der Waals surface area contributed by atoms with Gasteiger partial charge >= 0.3 is 11.9 Å². The van der Waals surface area contributed by atoms with Crippen LogP contribution in [0.2, 0.25) is 0 Å². The van der Waals surface area contributed by atoms with Gasteiger partial charge in [-0.2, -0.15) is 0 Å². The lowest BCUT2D eigenvalue weighted by molar-refractivity contribution is -0.159. The van der Waals surface area contributed by atoms with Crippen molar-refractivity contribution in [2.24, 2.45) is 0 Å². The number of carbonyl (C=O) groups is 3. The Balaban J connectivity index is 0.000000450. The number of rotatable bonds is 6. The van der Waals surface area contributed by atoms with Crippen molar-refractivity contribution in [2.75, 3.05) is 13.1 Å². The Bertz CT molecular complexity index is 690. The number of carbonyl (C=O) groups excluding carboxylic acids is 1. The van der Waals surface area contributed by atoms with Crippen LogP contribution in [-0.2, 0) is 16.1 Å². The standard InChI is InChI=1S/C14H15FN2O2.C2H2O4/c15-12-5-2-1-4-11(12)10-16-7-8-17-14(18)13-6-3-9-19-13;3-1(4)2(5)6/h1-6,9,16H,7-8,10H2,(H,17,18);(H,3,4)(H,5,6). The zero-order valence-electron chi connectivity index (χ0n) is 13.1. The maximum absolute atomic E-state index is 13.3. The average molecular weight is 352 g/mol. The van der Waals surface area contributed by atoms with Crippen molar-refractivity contribution in [3.63, 3.8) is 0 Å². The predicted octanol–water partition coefficient (Wildman–Crippen LogP) is 1.09. The fraction of sp³-hybridized carbons (Fsp3) is 0.188. The van der Waals surface area contributed by atoms with Gasteiger partial charge in [-0.15, -0.1) is 0 Å². The highest BCUT2D eigenvalue weighted by molar-refractivity contribution is 6.27. The summed E-state index contributed by atoms with van der Waals surface area (Å²) in [6.45, 7) is 1.44. The molecule has 0 atom stereocenters. The van der Waals surface area contributed by atoms with Crippen LogP contribution < -0.4 is 10.6 Å². The predicted molar refractivity (Wildman–Crippen MR) is 84.4 cm³/mol. The van der Waals surface area contributed by atoms with Gasteiger partial charge in [0.1, 0.15) is 5.82 Å². The molecule has 0 bridgehead atoms. The Labute approximate surface area is 142 Å². The van der Waals surface area contributed by atoms with Gasteiger partial charge in [0, 0.05) is 25.2 Å². The first kappa shape index (κ1) is 19.8. The van der Waals surface area contributed by atoms with E-state index in [9.17, 15) is 9.18 Å². The van der Waals surface area contributed by atoms with Crippen LogP contribution in [0, 0.1) is 5.82 Å². The highest BCUT2D eigenvalue weighted by Gasteiger charge is 2.06. The van der Waals surface area contributed by atoms with Crippen molar-refractivity contribution < 1.29 is 33.4 Å². The number of benzene rings is 1. The molecule has 0 radical (unpaired) electrons. The first-order valence-electron chi connectivity index (χ1n) is 7.14. The van der Waals surface area contributed by atoms with Crippen LogP contribution in [0.1, 0.15) is 16.1 Å². The maximum atomic E-state index is 13.3. The van der Waals surface area contributed by atoms with E-state index in [0.29, 0.717) is 25.2 Å². The quantitative estimate of drug-likeness (QED) is 0.452. The van der Waals surface area contributed by atoms with Gasteiger partial charge < -0.3 is 25.3 Å². The molecule has 25 heavy (non-hydrogen) atoms. The summed E-state index contributed by atoms with van der Waals surface area (Å²) >= 11 is 0. The summed E-state index contributed by atoms with van der Waals surface area (Å²) < 4.78 is 18.2. The molecule has 1 heterocycles. The SMILES string of the molecule is O=C(NCCNCc1ccccc1F)c1ccco1.O=C(O)C(=O)O. The lowest BCUT2D eigenvalue weighted by Gasteiger charge is -2.06. The Morgan fingerprint density at radius 1 is 1.00 bits per heavy atom. The number of nitrogens with one attached hydrogen (secondary N) is 2. The number of carboxylic acid groups (broad SMARTS) is 2. The summed E-state index contributed by atoms with van der Waals surface area (Å²) in [5.74, 6) is -3.84. The summed E-state index contributed by atoms with van der Waals surface area (Å²) in [7, 11) is 0. The molecule has 0 unspecified atom stereocenters. The zero-order valence-corrected chi connectivity index (χ0v) is 13.1. The molecule has 134 valence electrons. The van der Waals surface area contributed by atoms with E-state index in [2.05, 4.69) is 10.6 Å². The largest absolute Gasteiger partial charge is 0.473 e. The first-order chi connectivity index (χ1) is 11.9. The Morgan fingerprint density at radius 2 is 1.68 bits per heavy atom. The van der Waals surface area contributed by atoms with Gasteiger partial charge in [0.15, 0.2) is 5.76 Å². The van der Waals surface area contributed by atoms with Crippen molar-refractivity contribution in [1.29, 1.82) is 0 Å². The molecular formula is C16H17FN2O6. The third-order valence-electron chi connectivity index (χ3n) is 2.79. The summed E-state index contributed by atoms with van der Waals surface area (Å²) in [5.41, 5.74) is 0.611. The molecule has 1 aromatic heterocycles. The molecule has 2 aromatic rings. The van der Waals surface area contributed by atoms with Crippen molar-refractivity contribution in [3.05, 3.63) is 59.8 Å². The summed E-state index contributed by atoms with van der Waals surface area (Å²) in [6, 6.07) is 9.86. The summed E-state index contributed by atoms with van der Waals surface area (Å²) in [5, 5.41) is 20.5. The summed E-state index contributed by atoms with van der Waals surface area (Å²) in [4.78, 5) is 29.7. The molecule has 2 rings (SSSR count). The van der Waals surface area contributed by atoms with Gasteiger partial charge in [-0.05, 0) is 18.2 Å². The number of carboxylic acids is 2. The van der Waals surface area contributed by atoms with E-state index in [1.807, 2.05) is 0 Å². The second-order valence-corrected chi connectivity index (χ2v) is 4.61. The normalized spacial score (nSPS) is 9.64. The van der Waals surface area contributed by atoms with E-state index in [1.165, 1.54) is 12.3 Å². The smallest absolute Gasteiger partial charge is 0.414 e. The highest BCUT2D eigenvalue weighted by atomic mass is 19.1. The van der Waals surface area contributed by atoms with Crippen LogP contribution in [0.4, 0.5) is 4.39 Å². The van der Waals surface area contributed by atoms with Crippen LogP contribution in [0.15, 0.2) is 47.1 Å². The molecule has 1 amide bonds. The van der Waals surface area contributed by atoms with Gasteiger partial charge in [-0.1, -0.05) is 18.2 Å². The monoisotopic (exact) mass is 352 g/mol. The average Bonchev–Trinajstić information content (AvgIpc) is 3.11.